The van der Waals surface area contributed by atoms with Gasteiger partial charge in [-0.2, -0.15) is 0 Å². The summed E-state index contributed by atoms with van der Waals surface area (Å²) in [5, 5.41) is 7.04. The number of aromatic nitrogens is 1. The summed E-state index contributed by atoms with van der Waals surface area (Å²) in [6, 6.07) is 0. The van der Waals surface area contributed by atoms with E-state index in [1.54, 1.807) is 0 Å². The molecule has 3 heteroatoms. The number of thiazole rings is 1. The van der Waals surface area contributed by atoms with E-state index in [9.17, 15) is 0 Å². The molecule has 96 valence electrons. The molecule has 1 heterocycles. The van der Waals surface area contributed by atoms with Crippen molar-refractivity contribution in [2.75, 3.05) is 13.1 Å². The Balaban J connectivity index is 1.76. The van der Waals surface area contributed by atoms with Gasteiger partial charge in [-0.15, -0.1) is 11.3 Å². The van der Waals surface area contributed by atoms with Gasteiger partial charge in [0, 0.05) is 18.0 Å². The third-order valence-electron chi connectivity index (χ3n) is 3.70. The minimum absolute atomic E-state index is 0.758. The molecule has 0 amide bonds. The Kier molecular flexibility index (Phi) is 4.99. The smallest absolute Gasteiger partial charge is 0.0927 e. The van der Waals surface area contributed by atoms with Crippen LogP contribution < -0.4 is 5.32 Å². The van der Waals surface area contributed by atoms with Crippen molar-refractivity contribution < 1.29 is 0 Å². The van der Waals surface area contributed by atoms with Crippen LogP contribution in [0.2, 0.25) is 0 Å². The van der Waals surface area contributed by atoms with Gasteiger partial charge in [0.2, 0.25) is 0 Å². The lowest BCUT2D eigenvalue weighted by molar-refractivity contribution is 0.357. The zero-order chi connectivity index (χ0) is 12.1. The van der Waals surface area contributed by atoms with Gasteiger partial charge in [-0.05, 0) is 43.7 Å². The Bertz CT molecular complexity index is 308. The van der Waals surface area contributed by atoms with Gasteiger partial charge in [0.05, 0.1) is 5.01 Å². The first-order valence-corrected chi connectivity index (χ1v) is 7.72. The first kappa shape index (κ1) is 13.0. The van der Waals surface area contributed by atoms with Gasteiger partial charge in [-0.25, -0.2) is 4.98 Å². The summed E-state index contributed by atoms with van der Waals surface area (Å²) in [6.45, 7) is 6.90. The molecule has 1 N–H and O–H groups in total. The Morgan fingerprint density at radius 3 is 2.94 bits per heavy atom. The lowest BCUT2D eigenvalue weighted by atomic mass is 9.93. The van der Waals surface area contributed by atoms with Crippen LogP contribution in [0.1, 0.15) is 38.1 Å². The van der Waals surface area contributed by atoms with Gasteiger partial charge in [0.1, 0.15) is 0 Å². The van der Waals surface area contributed by atoms with Crippen molar-refractivity contribution in [1.82, 2.24) is 10.3 Å². The highest BCUT2D eigenvalue weighted by molar-refractivity contribution is 7.09. The molecule has 1 aliphatic carbocycles. The summed E-state index contributed by atoms with van der Waals surface area (Å²) >= 11 is 1.81. The molecule has 0 aromatic carbocycles. The lowest BCUT2D eigenvalue weighted by Gasteiger charge is -2.19. The maximum atomic E-state index is 4.42. The SMILES string of the molecule is CC(C)CNCC1CCCC1Cc1nccs1. The van der Waals surface area contributed by atoms with Crippen LogP contribution in [0.15, 0.2) is 11.6 Å². The van der Waals surface area contributed by atoms with Crippen molar-refractivity contribution >= 4 is 11.3 Å². The maximum Gasteiger partial charge on any atom is 0.0927 e. The molecule has 1 saturated carbocycles. The predicted molar refractivity (Wildman–Crippen MR) is 74.4 cm³/mol. The van der Waals surface area contributed by atoms with Gasteiger partial charge in [-0.1, -0.05) is 20.3 Å². The molecule has 0 aliphatic heterocycles. The summed E-state index contributed by atoms with van der Waals surface area (Å²) in [6.07, 6.45) is 7.34. The molecule has 0 spiro atoms. The number of nitrogens with one attached hydrogen (secondary N) is 1. The molecule has 2 nitrogen and oxygen atoms in total. The molecule has 2 atom stereocenters. The molecule has 2 unspecified atom stereocenters. The average Bonchev–Trinajstić information content (AvgIpc) is 2.91. The highest BCUT2D eigenvalue weighted by Crippen LogP contribution is 2.34. The fourth-order valence-electron chi connectivity index (χ4n) is 2.79. The van der Waals surface area contributed by atoms with Crippen LogP contribution in [-0.2, 0) is 6.42 Å². The van der Waals surface area contributed by atoms with Crippen LogP contribution in [0.5, 0.6) is 0 Å². The molecule has 1 aliphatic rings. The quantitative estimate of drug-likeness (QED) is 0.840. The summed E-state index contributed by atoms with van der Waals surface area (Å²) in [5.41, 5.74) is 0. The van der Waals surface area contributed by atoms with E-state index in [1.165, 1.54) is 37.2 Å². The van der Waals surface area contributed by atoms with Crippen molar-refractivity contribution in [3.05, 3.63) is 16.6 Å². The molecular weight excluding hydrogens is 228 g/mol. The second-order valence-corrected chi connectivity index (χ2v) is 6.61. The topological polar surface area (TPSA) is 24.9 Å². The molecule has 1 aromatic heterocycles. The Labute approximate surface area is 109 Å². The van der Waals surface area contributed by atoms with Gasteiger partial charge in [0.15, 0.2) is 0 Å². The lowest BCUT2D eigenvalue weighted by Crippen LogP contribution is -2.28. The van der Waals surface area contributed by atoms with Crippen LogP contribution in [0.4, 0.5) is 0 Å². The Morgan fingerprint density at radius 1 is 1.41 bits per heavy atom. The monoisotopic (exact) mass is 252 g/mol. The van der Waals surface area contributed by atoms with E-state index in [1.807, 2.05) is 17.5 Å². The highest BCUT2D eigenvalue weighted by Gasteiger charge is 2.27. The number of rotatable bonds is 6. The standard InChI is InChI=1S/C14H24N2S/c1-11(2)9-15-10-13-5-3-4-12(13)8-14-16-6-7-17-14/h6-7,11-13,15H,3-5,8-10H2,1-2H3. The second-order valence-electron chi connectivity index (χ2n) is 5.63. The Hall–Kier alpha value is -0.410. The van der Waals surface area contributed by atoms with Crippen molar-refractivity contribution in [2.45, 2.75) is 39.5 Å². The average molecular weight is 252 g/mol. The summed E-state index contributed by atoms with van der Waals surface area (Å²) in [4.78, 5) is 4.42. The van der Waals surface area contributed by atoms with E-state index >= 15 is 0 Å². The third kappa shape index (κ3) is 4.07. The number of hydrogen-bond donors (Lipinski definition) is 1. The Morgan fingerprint density at radius 2 is 2.24 bits per heavy atom. The number of hydrogen-bond acceptors (Lipinski definition) is 3. The fraction of sp³-hybridized carbons (Fsp3) is 0.786. The van der Waals surface area contributed by atoms with Crippen molar-refractivity contribution in [2.24, 2.45) is 17.8 Å². The van der Waals surface area contributed by atoms with Crippen LogP contribution in [-0.4, -0.2) is 18.1 Å². The molecule has 0 bridgehead atoms. The minimum atomic E-state index is 0.758. The van der Waals surface area contributed by atoms with E-state index in [2.05, 4.69) is 29.5 Å². The first-order chi connectivity index (χ1) is 8.25. The van der Waals surface area contributed by atoms with Crippen molar-refractivity contribution in [3.8, 4) is 0 Å². The van der Waals surface area contributed by atoms with E-state index in [-0.39, 0.29) is 0 Å². The van der Waals surface area contributed by atoms with Crippen LogP contribution in [0, 0.1) is 17.8 Å². The molecule has 0 radical (unpaired) electrons. The van der Waals surface area contributed by atoms with E-state index < -0.39 is 0 Å². The second kappa shape index (κ2) is 6.50. The van der Waals surface area contributed by atoms with Crippen molar-refractivity contribution in [1.29, 1.82) is 0 Å². The molecular formula is C14H24N2S. The zero-order valence-electron chi connectivity index (χ0n) is 11.0. The summed E-state index contributed by atoms with van der Waals surface area (Å²) in [5.74, 6) is 2.49. The largest absolute Gasteiger partial charge is 0.316 e. The highest BCUT2D eigenvalue weighted by atomic mass is 32.1. The molecule has 2 rings (SSSR count). The van der Waals surface area contributed by atoms with Gasteiger partial charge < -0.3 is 5.32 Å². The molecule has 17 heavy (non-hydrogen) atoms. The zero-order valence-corrected chi connectivity index (χ0v) is 11.8. The summed E-state index contributed by atoms with van der Waals surface area (Å²) in [7, 11) is 0. The maximum absolute atomic E-state index is 4.42. The van der Waals surface area contributed by atoms with Crippen LogP contribution in [0.3, 0.4) is 0 Å². The van der Waals surface area contributed by atoms with Gasteiger partial charge in [-0.3, -0.25) is 0 Å². The van der Waals surface area contributed by atoms with E-state index in [4.69, 9.17) is 0 Å². The predicted octanol–water partition coefficient (Wildman–Crippen LogP) is 3.35. The van der Waals surface area contributed by atoms with E-state index in [0.29, 0.717) is 0 Å². The first-order valence-electron chi connectivity index (χ1n) is 6.84. The van der Waals surface area contributed by atoms with Gasteiger partial charge >= 0.3 is 0 Å². The third-order valence-corrected chi connectivity index (χ3v) is 4.50. The van der Waals surface area contributed by atoms with Crippen LogP contribution >= 0.6 is 11.3 Å². The van der Waals surface area contributed by atoms with Gasteiger partial charge in [0.25, 0.3) is 0 Å². The fourth-order valence-corrected chi connectivity index (χ4v) is 3.50. The molecule has 0 saturated heterocycles. The van der Waals surface area contributed by atoms with Crippen LogP contribution in [0.25, 0.3) is 0 Å². The number of nitrogens with zero attached hydrogens (tertiary/aromatic N) is 1. The van der Waals surface area contributed by atoms with Crippen molar-refractivity contribution in [3.63, 3.8) is 0 Å². The molecule has 1 fully saturated rings. The molecule has 1 aromatic rings. The normalized spacial score (nSPS) is 24.6. The minimum Gasteiger partial charge on any atom is -0.316 e. The summed E-state index contributed by atoms with van der Waals surface area (Å²) < 4.78 is 0. The van der Waals surface area contributed by atoms with E-state index in [0.717, 1.165) is 24.3 Å².